The minimum absolute atomic E-state index is 0.0646. The molecule has 0 unspecified atom stereocenters. The Labute approximate surface area is 178 Å². The SMILES string of the molecule is C[C@@H](Nc1ncccc1C(=O)O)c1cc(Cl)cn2c(=O)cc(N3CCCCC3)nc12. The standard InChI is InChI=1S/C21H22ClN5O3/c1-13(24-19-15(21(29)30)6-5-7-23-19)16-10-14(22)12-27-18(28)11-17(25-20(16)27)26-8-3-2-4-9-26/h5-7,10-13H,2-4,8-9H2,1H3,(H,23,24)(H,29,30)/t13-/m1/s1. The quantitative estimate of drug-likeness (QED) is 0.641. The Morgan fingerprint density at radius 2 is 2.03 bits per heavy atom. The molecule has 0 spiro atoms. The van der Waals surface area contributed by atoms with Crippen LogP contribution in [0.1, 0.15) is 48.1 Å². The summed E-state index contributed by atoms with van der Waals surface area (Å²) in [5.74, 6) is -0.180. The number of aromatic carboxylic acids is 1. The van der Waals surface area contributed by atoms with Gasteiger partial charge in [-0.3, -0.25) is 9.20 Å². The van der Waals surface area contributed by atoms with Crippen molar-refractivity contribution in [1.82, 2.24) is 14.4 Å². The van der Waals surface area contributed by atoms with Gasteiger partial charge in [0.1, 0.15) is 22.8 Å². The normalized spacial score (nSPS) is 15.2. The zero-order chi connectivity index (χ0) is 21.3. The van der Waals surface area contributed by atoms with Gasteiger partial charge in [-0.15, -0.1) is 0 Å². The zero-order valence-corrected chi connectivity index (χ0v) is 17.3. The van der Waals surface area contributed by atoms with Crippen molar-refractivity contribution < 1.29 is 9.90 Å². The molecule has 0 amide bonds. The van der Waals surface area contributed by atoms with Crippen LogP contribution >= 0.6 is 11.6 Å². The predicted molar refractivity (Wildman–Crippen MR) is 116 cm³/mol. The van der Waals surface area contributed by atoms with E-state index in [0.29, 0.717) is 22.1 Å². The molecule has 2 N–H and O–H groups in total. The number of nitrogens with zero attached hydrogens (tertiary/aromatic N) is 4. The molecular weight excluding hydrogens is 406 g/mol. The van der Waals surface area contributed by atoms with E-state index in [-0.39, 0.29) is 16.9 Å². The number of carbonyl (C=O) groups is 1. The molecule has 0 saturated carbocycles. The summed E-state index contributed by atoms with van der Waals surface area (Å²) in [6.07, 6.45) is 6.40. The molecule has 9 heteroatoms. The smallest absolute Gasteiger partial charge is 0.339 e. The largest absolute Gasteiger partial charge is 0.478 e. The highest BCUT2D eigenvalue weighted by Crippen LogP contribution is 2.27. The van der Waals surface area contributed by atoms with Crippen molar-refractivity contribution in [1.29, 1.82) is 0 Å². The maximum Gasteiger partial charge on any atom is 0.339 e. The lowest BCUT2D eigenvalue weighted by Crippen LogP contribution is -2.32. The highest BCUT2D eigenvalue weighted by molar-refractivity contribution is 6.30. The molecule has 0 aliphatic carbocycles. The Kier molecular flexibility index (Phi) is 5.59. The molecule has 4 rings (SSSR count). The van der Waals surface area contributed by atoms with E-state index in [1.165, 1.54) is 29.2 Å². The number of pyridine rings is 2. The summed E-state index contributed by atoms with van der Waals surface area (Å²) in [5.41, 5.74) is 1.02. The molecule has 1 atom stereocenters. The number of nitrogens with one attached hydrogen (secondary N) is 1. The number of hydrogen-bond donors (Lipinski definition) is 2. The predicted octanol–water partition coefficient (Wildman–Crippen LogP) is 3.60. The van der Waals surface area contributed by atoms with Crippen LogP contribution in [-0.4, -0.2) is 38.5 Å². The monoisotopic (exact) mass is 427 g/mol. The Hall–Kier alpha value is -3.13. The van der Waals surface area contributed by atoms with Crippen LogP contribution in [0.25, 0.3) is 5.65 Å². The highest BCUT2D eigenvalue weighted by atomic mass is 35.5. The van der Waals surface area contributed by atoms with E-state index in [1.54, 1.807) is 18.3 Å². The van der Waals surface area contributed by atoms with Crippen molar-refractivity contribution in [3.8, 4) is 0 Å². The average Bonchev–Trinajstić information content (AvgIpc) is 2.74. The van der Waals surface area contributed by atoms with E-state index >= 15 is 0 Å². The summed E-state index contributed by atoms with van der Waals surface area (Å²) in [5, 5.41) is 12.9. The van der Waals surface area contributed by atoms with Gasteiger partial charge in [-0.1, -0.05) is 11.6 Å². The number of anilines is 2. The fraction of sp³-hybridized carbons (Fsp3) is 0.333. The Balaban J connectivity index is 1.78. The van der Waals surface area contributed by atoms with Gasteiger partial charge in [0.05, 0.1) is 11.1 Å². The summed E-state index contributed by atoms with van der Waals surface area (Å²) >= 11 is 6.28. The molecule has 1 aliphatic heterocycles. The van der Waals surface area contributed by atoms with Gasteiger partial charge in [0, 0.05) is 37.1 Å². The van der Waals surface area contributed by atoms with Gasteiger partial charge in [-0.25, -0.2) is 14.8 Å². The fourth-order valence-electron chi connectivity index (χ4n) is 3.76. The van der Waals surface area contributed by atoms with Crippen LogP contribution in [0.2, 0.25) is 5.02 Å². The number of carboxylic acid groups (broad SMARTS) is 1. The van der Waals surface area contributed by atoms with Crippen LogP contribution in [0, 0.1) is 0 Å². The maximum atomic E-state index is 12.8. The second-order valence-corrected chi connectivity index (χ2v) is 7.81. The van der Waals surface area contributed by atoms with E-state index in [2.05, 4.69) is 15.2 Å². The Bertz CT molecular complexity index is 1160. The molecule has 3 aromatic rings. The summed E-state index contributed by atoms with van der Waals surface area (Å²) in [6, 6.07) is 5.94. The third-order valence-corrected chi connectivity index (χ3v) is 5.49. The molecule has 0 bridgehead atoms. The van der Waals surface area contributed by atoms with E-state index in [4.69, 9.17) is 16.6 Å². The third-order valence-electron chi connectivity index (χ3n) is 5.28. The van der Waals surface area contributed by atoms with Crippen LogP contribution in [0.15, 0.2) is 41.5 Å². The number of aromatic nitrogens is 3. The van der Waals surface area contributed by atoms with Gasteiger partial charge in [0.15, 0.2) is 0 Å². The zero-order valence-electron chi connectivity index (χ0n) is 16.5. The first-order valence-corrected chi connectivity index (χ1v) is 10.2. The lowest BCUT2D eigenvalue weighted by atomic mass is 10.1. The fourth-order valence-corrected chi connectivity index (χ4v) is 3.98. The number of hydrogen-bond acceptors (Lipinski definition) is 6. The summed E-state index contributed by atoms with van der Waals surface area (Å²) in [7, 11) is 0. The van der Waals surface area contributed by atoms with Gasteiger partial charge in [-0.2, -0.15) is 0 Å². The number of rotatable bonds is 5. The molecular formula is C21H22ClN5O3. The Morgan fingerprint density at radius 3 is 2.77 bits per heavy atom. The van der Waals surface area contributed by atoms with Crippen molar-refractivity contribution >= 4 is 34.9 Å². The van der Waals surface area contributed by atoms with E-state index in [0.717, 1.165) is 25.9 Å². The van der Waals surface area contributed by atoms with Crippen molar-refractivity contribution in [2.24, 2.45) is 0 Å². The first-order valence-electron chi connectivity index (χ1n) is 9.86. The van der Waals surface area contributed by atoms with E-state index < -0.39 is 12.0 Å². The molecule has 8 nitrogen and oxygen atoms in total. The molecule has 3 aromatic heterocycles. The van der Waals surface area contributed by atoms with Crippen LogP contribution in [-0.2, 0) is 0 Å². The highest BCUT2D eigenvalue weighted by Gasteiger charge is 2.20. The summed E-state index contributed by atoms with van der Waals surface area (Å²) in [6.45, 7) is 3.59. The molecule has 156 valence electrons. The number of halogens is 1. The lowest BCUT2D eigenvalue weighted by Gasteiger charge is -2.28. The molecule has 1 fully saturated rings. The molecule has 4 heterocycles. The van der Waals surface area contributed by atoms with Crippen molar-refractivity contribution in [2.75, 3.05) is 23.3 Å². The topological polar surface area (TPSA) is 99.8 Å². The van der Waals surface area contributed by atoms with Crippen molar-refractivity contribution in [3.05, 3.63) is 63.2 Å². The van der Waals surface area contributed by atoms with E-state index in [9.17, 15) is 14.7 Å². The molecule has 0 aromatic carbocycles. The second kappa shape index (κ2) is 8.31. The van der Waals surface area contributed by atoms with Gasteiger partial charge in [-0.05, 0) is 44.4 Å². The summed E-state index contributed by atoms with van der Waals surface area (Å²) < 4.78 is 1.43. The number of piperidine rings is 1. The van der Waals surface area contributed by atoms with Crippen LogP contribution in [0.4, 0.5) is 11.6 Å². The first kappa shape index (κ1) is 20.2. The Morgan fingerprint density at radius 1 is 1.27 bits per heavy atom. The van der Waals surface area contributed by atoms with E-state index in [1.807, 2.05) is 6.92 Å². The lowest BCUT2D eigenvalue weighted by molar-refractivity contribution is 0.0697. The number of fused-ring (bicyclic) bond motifs is 1. The van der Waals surface area contributed by atoms with Crippen LogP contribution in [0.3, 0.4) is 0 Å². The first-order chi connectivity index (χ1) is 14.4. The van der Waals surface area contributed by atoms with Crippen molar-refractivity contribution in [2.45, 2.75) is 32.2 Å². The average molecular weight is 428 g/mol. The van der Waals surface area contributed by atoms with Gasteiger partial charge in [0.25, 0.3) is 5.56 Å². The van der Waals surface area contributed by atoms with Crippen LogP contribution < -0.4 is 15.8 Å². The van der Waals surface area contributed by atoms with Gasteiger partial charge >= 0.3 is 5.97 Å². The molecule has 0 radical (unpaired) electrons. The van der Waals surface area contributed by atoms with Gasteiger partial charge < -0.3 is 15.3 Å². The minimum atomic E-state index is -1.07. The third kappa shape index (κ3) is 3.95. The van der Waals surface area contributed by atoms with Gasteiger partial charge in [0.2, 0.25) is 0 Å². The minimum Gasteiger partial charge on any atom is -0.478 e. The number of carboxylic acids is 1. The molecule has 30 heavy (non-hydrogen) atoms. The van der Waals surface area contributed by atoms with Crippen LogP contribution in [0.5, 0.6) is 0 Å². The van der Waals surface area contributed by atoms with Crippen molar-refractivity contribution in [3.63, 3.8) is 0 Å². The molecule has 1 saturated heterocycles. The maximum absolute atomic E-state index is 12.8. The summed E-state index contributed by atoms with van der Waals surface area (Å²) in [4.78, 5) is 35.4. The second-order valence-electron chi connectivity index (χ2n) is 7.38. The molecule has 1 aliphatic rings.